The molecule has 3 rings (SSSR count). The van der Waals surface area contributed by atoms with Gasteiger partial charge in [-0.25, -0.2) is 9.78 Å². The summed E-state index contributed by atoms with van der Waals surface area (Å²) >= 11 is 1.55. The summed E-state index contributed by atoms with van der Waals surface area (Å²) in [4.78, 5) is 23.0. The Labute approximate surface area is 157 Å². The maximum atomic E-state index is 12.4. The van der Waals surface area contributed by atoms with E-state index < -0.39 is 5.60 Å². The third-order valence-corrected chi connectivity index (χ3v) is 4.96. The number of likely N-dealkylation sites (tertiary alicyclic amines) is 1. The molecule has 8 heteroatoms. The minimum Gasteiger partial charge on any atom is -0.444 e. The maximum Gasteiger partial charge on any atom is 0.410 e. The summed E-state index contributed by atoms with van der Waals surface area (Å²) in [5, 5.41) is 4.99. The molecule has 1 saturated heterocycles. The number of amides is 1. The lowest BCUT2D eigenvalue weighted by molar-refractivity contribution is 0.0217. The second-order valence-electron chi connectivity index (χ2n) is 7.25. The number of hydrogen-bond acceptors (Lipinski definition) is 7. The normalized spacial score (nSPS) is 18.8. The standard InChI is InChI=1S/C18H24N4O3S/c1-12(26-14-9-5-6-10-19-14)16-20-15(21-25-16)13-8-7-11-22(13)17(23)24-18(2,3)4/h5-6,9-10,12-13H,7-8,11H2,1-4H3/t12-,13+/m0/s1. The second-order valence-corrected chi connectivity index (χ2v) is 8.61. The highest BCUT2D eigenvalue weighted by atomic mass is 32.2. The van der Waals surface area contributed by atoms with Crippen molar-refractivity contribution in [2.75, 3.05) is 6.54 Å². The Balaban J connectivity index is 1.69. The molecule has 2 aromatic heterocycles. The van der Waals surface area contributed by atoms with Crippen molar-refractivity contribution in [1.82, 2.24) is 20.0 Å². The number of aromatic nitrogens is 3. The van der Waals surface area contributed by atoms with Crippen LogP contribution in [0.1, 0.15) is 63.5 Å². The highest BCUT2D eigenvalue weighted by Crippen LogP contribution is 2.35. The van der Waals surface area contributed by atoms with Gasteiger partial charge < -0.3 is 9.26 Å². The lowest BCUT2D eigenvalue weighted by Crippen LogP contribution is -2.36. The molecule has 0 aromatic carbocycles. The van der Waals surface area contributed by atoms with Gasteiger partial charge in [0.15, 0.2) is 5.82 Å². The van der Waals surface area contributed by atoms with E-state index in [4.69, 9.17) is 9.26 Å². The monoisotopic (exact) mass is 376 g/mol. The van der Waals surface area contributed by atoms with Gasteiger partial charge in [0.25, 0.3) is 0 Å². The first-order valence-electron chi connectivity index (χ1n) is 8.74. The minimum absolute atomic E-state index is 0.0254. The quantitative estimate of drug-likeness (QED) is 0.732. The van der Waals surface area contributed by atoms with Crippen molar-refractivity contribution in [3.63, 3.8) is 0 Å². The van der Waals surface area contributed by atoms with Gasteiger partial charge in [-0.1, -0.05) is 23.0 Å². The van der Waals surface area contributed by atoms with E-state index in [1.54, 1.807) is 22.9 Å². The van der Waals surface area contributed by atoms with E-state index in [0.29, 0.717) is 18.3 Å². The molecule has 2 aromatic rings. The van der Waals surface area contributed by atoms with Crippen LogP contribution in [0, 0.1) is 0 Å². The Morgan fingerprint density at radius 2 is 2.23 bits per heavy atom. The average molecular weight is 376 g/mol. The van der Waals surface area contributed by atoms with E-state index in [1.165, 1.54) is 0 Å². The Kier molecular flexibility index (Phi) is 5.50. The summed E-state index contributed by atoms with van der Waals surface area (Å²) in [5.74, 6) is 1.07. The Morgan fingerprint density at radius 1 is 1.42 bits per heavy atom. The highest BCUT2D eigenvalue weighted by molar-refractivity contribution is 7.99. The van der Waals surface area contributed by atoms with Gasteiger partial charge >= 0.3 is 6.09 Å². The Morgan fingerprint density at radius 3 is 2.92 bits per heavy atom. The van der Waals surface area contributed by atoms with E-state index >= 15 is 0 Å². The van der Waals surface area contributed by atoms with Crippen LogP contribution in [0.15, 0.2) is 33.9 Å². The molecule has 7 nitrogen and oxygen atoms in total. The van der Waals surface area contributed by atoms with Crippen LogP contribution in [0.2, 0.25) is 0 Å². The van der Waals surface area contributed by atoms with Crippen LogP contribution in [-0.4, -0.2) is 38.3 Å². The number of rotatable bonds is 4. The van der Waals surface area contributed by atoms with Crippen LogP contribution < -0.4 is 0 Å². The number of hydrogen-bond donors (Lipinski definition) is 0. The first kappa shape index (κ1) is 18.7. The van der Waals surface area contributed by atoms with E-state index in [1.807, 2.05) is 45.9 Å². The summed E-state index contributed by atoms with van der Waals surface area (Å²) in [5.41, 5.74) is -0.527. The highest BCUT2D eigenvalue weighted by Gasteiger charge is 2.36. The Bertz CT molecular complexity index is 744. The van der Waals surface area contributed by atoms with E-state index in [9.17, 15) is 4.79 Å². The smallest absolute Gasteiger partial charge is 0.410 e. The summed E-state index contributed by atoms with van der Waals surface area (Å²) in [6.45, 7) is 8.22. The van der Waals surface area contributed by atoms with E-state index in [0.717, 1.165) is 17.9 Å². The number of thioether (sulfide) groups is 1. The third-order valence-electron chi connectivity index (χ3n) is 3.92. The largest absolute Gasteiger partial charge is 0.444 e. The lowest BCUT2D eigenvalue weighted by Gasteiger charge is -2.27. The van der Waals surface area contributed by atoms with Crippen molar-refractivity contribution in [2.24, 2.45) is 0 Å². The summed E-state index contributed by atoms with van der Waals surface area (Å²) in [6, 6.07) is 5.57. The molecular formula is C18H24N4O3S. The summed E-state index contributed by atoms with van der Waals surface area (Å²) in [6.07, 6.45) is 3.12. The Hall–Kier alpha value is -2.09. The molecule has 1 aliphatic heterocycles. The fourth-order valence-electron chi connectivity index (χ4n) is 2.77. The molecule has 0 bridgehead atoms. The van der Waals surface area contributed by atoms with E-state index in [-0.39, 0.29) is 17.4 Å². The van der Waals surface area contributed by atoms with Crippen LogP contribution in [0.25, 0.3) is 0 Å². The predicted octanol–water partition coefficient (Wildman–Crippen LogP) is 4.39. The molecule has 0 N–H and O–H groups in total. The first-order valence-corrected chi connectivity index (χ1v) is 9.62. The van der Waals surface area contributed by atoms with Gasteiger partial charge in [0, 0.05) is 12.7 Å². The van der Waals surface area contributed by atoms with Crippen LogP contribution in [0.3, 0.4) is 0 Å². The zero-order chi connectivity index (χ0) is 18.7. The molecule has 0 radical (unpaired) electrons. The van der Waals surface area contributed by atoms with Crippen molar-refractivity contribution in [2.45, 2.75) is 62.5 Å². The van der Waals surface area contributed by atoms with Gasteiger partial charge in [0.1, 0.15) is 5.60 Å². The lowest BCUT2D eigenvalue weighted by atomic mass is 10.2. The predicted molar refractivity (Wildman–Crippen MR) is 97.7 cm³/mol. The molecule has 1 amide bonds. The van der Waals surface area contributed by atoms with Crippen molar-refractivity contribution in [1.29, 1.82) is 0 Å². The summed E-state index contributed by atoms with van der Waals surface area (Å²) in [7, 11) is 0. The number of ether oxygens (including phenoxy) is 1. The molecule has 26 heavy (non-hydrogen) atoms. The van der Waals surface area contributed by atoms with Gasteiger partial charge in [-0.3, -0.25) is 4.90 Å². The number of nitrogens with zero attached hydrogens (tertiary/aromatic N) is 4. The molecule has 0 aliphatic carbocycles. The molecule has 1 aliphatic rings. The zero-order valence-corrected chi connectivity index (χ0v) is 16.3. The second kappa shape index (κ2) is 7.65. The fraction of sp³-hybridized carbons (Fsp3) is 0.556. The van der Waals surface area contributed by atoms with Crippen molar-refractivity contribution in [3.8, 4) is 0 Å². The topological polar surface area (TPSA) is 81.4 Å². The minimum atomic E-state index is -0.527. The average Bonchev–Trinajstić information content (AvgIpc) is 3.23. The fourth-order valence-corrected chi connectivity index (χ4v) is 3.61. The molecule has 1 fully saturated rings. The van der Waals surface area contributed by atoms with Crippen LogP contribution in [-0.2, 0) is 4.74 Å². The summed E-state index contributed by atoms with van der Waals surface area (Å²) < 4.78 is 10.9. The maximum absolute atomic E-state index is 12.4. The molecule has 0 unspecified atom stereocenters. The third kappa shape index (κ3) is 4.55. The molecule has 0 spiro atoms. The molecular weight excluding hydrogens is 352 g/mol. The van der Waals surface area contributed by atoms with E-state index in [2.05, 4.69) is 15.1 Å². The van der Waals surface area contributed by atoms with Gasteiger partial charge in [-0.15, -0.1) is 0 Å². The number of carbonyl (C=O) groups excluding carboxylic acids is 1. The van der Waals surface area contributed by atoms with Crippen molar-refractivity contribution < 1.29 is 14.1 Å². The van der Waals surface area contributed by atoms with Gasteiger partial charge in [-0.2, -0.15) is 4.98 Å². The molecule has 2 atom stereocenters. The SMILES string of the molecule is C[C@H](Sc1ccccn1)c1nc([C@H]2CCCN2C(=O)OC(C)(C)C)no1. The van der Waals surface area contributed by atoms with Crippen LogP contribution in [0.4, 0.5) is 4.79 Å². The van der Waals surface area contributed by atoms with Crippen molar-refractivity contribution >= 4 is 17.9 Å². The van der Waals surface area contributed by atoms with Gasteiger partial charge in [0.05, 0.1) is 16.3 Å². The van der Waals surface area contributed by atoms with Crippen LogP contribution >= 0.6 is 11.8 Å². The van der Waals surface area contributed by atoms with Crippen LogP contribution in [0.5, 0.6) is 0 Å². The number of pyridine rings is 1. The number of carbonyl (C=O) groups is 1. The van der Waals surface area contributed by atoms with Crippen molar-refractivity contribution in [3.05, 3.63) is 36.1 Å². The molecule has 0 saturated carbocycles. The molecule has 140 valence electrons. The van der Waals surface area contributed by atoms with Gasteiger partial charge in [0.2, 0.25) is 5.89 Å². The zero-order valence-electron chi connectivity index (χ0n) is 15.5. The first-order chi connectivity index (χ1) is 12.3. The molecule has 3 heterocycles. The van der Waals surface area contributed by atoms with Gasteiger partial charge in [-0.05, 0) is 52.7 Å².